The zero-order valence-corrected chi connectivity index (χ0v) is 11.7. The molecule has 4 heteroatoms. The average Bonchev–Trinajstić information content (AvgIpc) is 2.30. The van der Waals surface area contributed by atoms with E-state index in [2.05, 4.69) is 5.32 Å². The summed E-state index contributed by atoms with van der Waals surface area (Å²) in [5.74, 6) is 0.716. The maximum atomic E-state index is 12.4. The molecule has 2 fully saturated rings. The minimum atomic E-state index is -0.612. The van der Waals surface area contributed by atoms with E-state index in [9.17, 15) is 9.59 Å². The Balaban J connectivity index is 2.25. The van der Waals surface area contributed by atoms with Crippen LogP contribution in [0.3, 0.4) is 0 Å². The molecule has 1 N–H and O–H groups in total. The van der Waals surface area contributed by atoms with E-state index in [1.807, 2.05) is 18.7 Å². The van der Waals surface area contributed by atoms with Crippen molar-refractivity contribution >= 4 is 11.8 Å². The fraction of sp³-hybridized carbons (Fsp3) is 0.857. The van der Waals surface area contributed by atoms with Gasteiger partial charge in [0.25, 0.3) is 0 Å². The zero-order valence-electron chi connectivity index (χ0n) is 11.7. The van der Waals surface area contributed by atoms with Crippen molar-refractivity contribution in [3.8, 4) is 0 Å². The highest BCUT2D eigenvalue weighted by Crippen LogP contribution is 2.34. The van der Waals surface area contributed by atoms with Crippen molar-refractivity contribution in [1.82, 2.24) is 10.2 Å². The predicted molar refractivity (Wildman–Crippen MR) is 70.0 cm³/mol. The van der Waals surface area contributed by atoms with Gasteiger partial charge in [-0.05, 0) is 38.5 Å². The SMILES string of the molecule is CCC1(CC)C(=O)NC(C)C(=O)N1CC1CCC1. The van der Waals surface area contributed by atoms with E-state index in [0.29, 0.717) is 18.8 Å². The molecule has 18 heavy (non-hydrogen) atoms. The highest BCUT2D eigenvalue weighted by Gasteiger charge is 2.49. The molecule has 0 aromatic rings. The van der Waals surface area contributed by atoms with E-state index in [1.165, 1.54) is 19.3 Å². The van der Waals surface area contributed by atoms with Crippen LogP contribution in [-0.2, 0) is 9.59 Å². The molecule has 0 aromatic carbocycles. The smallest absolute Gasteiger partial charge is 0.246 e. The molecule has 1 aliphatic heterocycles. The Hall–Kier alpha value is -1.06. The van der Waals surface area contributed by atoms with Crippen LogP contribution in [0.4, 0.5) is 0 Å². The van der Waals surface area contributed by atoms with Gasteiger partial charge in [-0.25, -0.2) is 0 Å². The van der Waals surface area contributed by atoms with E-state index in [4.69, 9.17) is 0 Å². The maximum Gasteiger partial charge on any atom is 0.246 e. The van der Waals surface area contributed by atoms with Crippen LogP contribution in [0, 0.1) is 5.92 Å². The topological polar surface area (TPSA) is 49.4 Å². The Morgan fingerprint density at radius 3 is 2.33 bits per heavy atom. The molecule has 0 radical (unpaired) electrons. The number of amides is 2. The molecule has 1 heterocycles. The molecule has 102 valence electrons. The standard InChI is InChI=1S/C14H24N2O2/c1-4-14(5-2)13(18)15-10(3)12(17)16(14)9-11-7-6-8-11/h10-11H,4-9H2,1-3H3,(H,15,18). The summed E-state index contributed by atoms with van der Waals surface area (Å²) in [5.41, 5.74) is -0.612. The van der Waals surface area contributed by atoms with Gasteiger partial charge in [0.15, 0.2) is 0 Å². The Kier molecular flexibility index (Phi) is 3.64. The molecular weight excluding hydrogens is 228 g/mol. The summed E-state index contributed by atoms with van der Waals surface area (Å²) in [5, 5.41) is 2.83. The van der Waals surface area contributed by atoms with Crippen molar-refractivity contribution in [3.05, 3.63) is 0 Å². The van der Waals surface area contributed by atoms with Crippen molar-refractivity contribution in [2.24, 2.45) is 5.92 Å². The lowest BCUT2D eigenvalue weighted by atomic mass is 9.80. The minimum absolute atomic E-state index is 0.0268. The average molecular weight is 252 g/mol. The van der Waals surface area contributed by atoms with Crippen molar-refractivity contribution in [2.75, 3.05) is 6.54 Å². The first-order chi connectivity index (χ1) is 8.55. The first-order valence-corrected chi connectivity index (χ1v) is 7.17. The monoisotopic (exact) mass is 252 g/mol. The highest BCUT2D eigenvalue weighted by molar-refractivity contribution is 5.99. The number of hydrogen-bond acceptors (Lipinski definition) is 2. The Morgan fingerprint density at radius 2 is 1.89 bits per heavy atom. The van der Waals surface area contributed by atoms with Gasteiger partial charge in [-0.2, -0.15) is 0 Å². The van der Waals surface area contributed by atoms with Gasteiger partial charge >= 0.3 is 0 Å². The van der Waals surface area contributed by atoms with Crippen molar-refractivity contribution < 1.29 is 9.59 Å². The van der Waals surface area contributed by atoms with Gasteiger partial charge in [-0.3, -0.25) is 9.59 Å². The van der Waals surface area contributed by atoms with E-state index in [0.717, 1.165) is 6.54 Å². The Bertz CT molecular complexity index is 346. The zero-order chi connectivity index (χ0) is 13.3. The van der Waals surface area contributed by atoms with Gasteiger partial charge in [0, 0.05) is 6.54 Å². The van der Waals surface area contributed by atoms with Crippen LogP contribution in [0.1, 0.15) is 52.9 Å². The second-order valence-corrected chi connectivity index (χ2v) is 5.68. The number of hydrogen-bond donors (Lipinski definition) is 1. The lowest BCUT2D eigenvalue weighted by Crippen LogP contribution is -2.70. The summed E-state index contributed by atoms with van der Waals surface area (Å²) in [7, 11) is 0. The number of carbonyl (C=O) groups excluding carboxylic acids is 2. The Morgan fingerprint density at radius 1 is 1.28 bits per heavy atom. The fourth-order valence-electron chi connectivity index (χ4n) is 3.11. The van der Waals surface area contributed by atoms with Gasteiger partial charge in [0.05, 0.1) is 0 Å². The number of nitrogens with zero attached hydrogens (tertiary/aromatic N) is 1. The molecular formula is C14H24N2O2. The molecule has 0 bridgehead atoms. The molecule has 1 saturated carbocycles. The first-order valence-electron chi connectivity index (χ1n) is 7.17. The first kappa shape index (κ1) is 13.4. The number of rotatable bonds is 4. The molecule has 4 nitrogen and oxygen atoms in total. The summed E-state index contributed by atoms with van der Waals surface area (Å²) in [4.78, 5) is 26.6. The second kappa shape index (κ2) is 4.90. The predicted octanol–water partition coefficient (Wildman–Crippen LogP) is 1.69. The molecule has 1 saturated heterocycles. The summed E-state index contributed by atoms with van der Waals surface area (Å²) < 4.78 is 0. The van der Waals surface area contributed by atoms with E-state index in [-0.39, 0.29) is 17.9 Å². The molecule has 1 atom stereocenters. The van der Waals surface area contributed by atoms with Gasteiger partial charge in [0.1, 0.15) is 11.6 Å². The highest BCUT2D eigenvalue weighted by atomic mass is 16.2. The molecule has 0 aromatic heterocycles. The molecule has 2 aliphatic rings. The van der Waals surface area contributed by atoms with E-state index >= 15 is 0 Å². The number of carbonyl (C=O) groups is 2. The third-order valence-corrected chi connectivity index (χ3v) is 4.76. The van der Waals surface area contributed by atoms with Crippen LogP contribution in [0.15, 0.2) is 0 Å². The summed E-state index contributed by atoms with van der Waals surface area (Å²) >= 11 is 0. The third-order valence-electron chi connectivity index (χ3n) is 4.76. The lowest BCUT2D eigenvalue weighted by molar-refractivity contribution is -0.159. The van der Waals surface area contributed by atoms with Gasteiger partial charge in [-0.15, -0.1) is 0 Å². The third kappa shape index (κ3) is 1.91. The second-order valence-electron chi connectivity index (χ2n) is 5.68. The van der Waals surface area contributed by atoms with Crippen molar-refractivity contribution in [1.29, 1.82) is 0 Å². The van der Waals surface area contributed by atoms with Crippen LogP contribution in [0.5, 0.6) is 0 Å². The summed E-state index contributed by atoms with van der Waals surface area (Å²) in [6.45, 7) is 6.54. The molecule has 2 rings (SSSR count). The van der Waals surface area contributed by atoms with Crippen LogP contribution in [0.25, 0.3) is 0 Å². The van der Waals surface area contributed by atoms with E-state index < -0.39 is 5.54 Å². The quantitative estimate of drug-likeness (QED) is 0.827. The summed E-state index contributed by atoms with van der Waals surface area (Å²) in [6.07, 6.45) is 5.05. The molecule has 1 unspecified atom stereocenters. The largest absolute Gasteiger partial charge is 0.343 e. The molecule has 0 spiro atoms. The van der Waals surface area contributed by atoms with Crippen LogP contribution < -0.4 is 5.32 Å². The van der Waals surface area contributed by atoms with Crippen LogP contribution in [-0.4, -0.2) is 34.8 Å². The van der Waals surface area contributed by atoms with Gasteiger partial charge < -0.3 is 10.2 Å². The number of piperazine rings is 1. The fourth-order valence-corrected chi connectivity index (χ4v) is 3.11. The molecule has 2 amide bonds. The van der Waals surface area contributed by atoms with Gasteiger partial charge in [0.2, 0.25) is 11.8 Å². The van der Waals surface area contributed by atoms with Crippen molar-refractivity contribution in [3.63, 3.8) is 0 Å². The minimum Gasteiger partial charge on any atom is -0.343 e. The lowest BCUT2D eigenvalue weighted by Gasteiger charge is -2.49. The van der Waals surface area contributed by atoms with Gasteiger partial charge in [-0.1, -0.05) is 20.3 Å². The van der Waals surface area contributed by atoms with Crippen molar-refractivity contribution in [2.45, 2.75) is 64.5 Å². The number of nitrogens with one attached hydrogen (secondary N) is 1. The normalized spacial score (nSPS) is 27.9. The summed E-state index contributed by atoms with van der Waals surface area (Å²) in [6, 6.07) is -0.371. The van der Waals surface area contributed by atoms with Crippen LogP contribution in [0.2, 0.25) is 0 Å². The molecule has 1 aliphatic carbocycles. The maximum absolute atomic E-state index is 12.4. The van der Waals surface area contributed by atoms with Crippen LogP contribution >= 0.6 is 0 Å². The van der Waals surface area contributed by atoms with E-state index in [1.54, 1.807) is 6.92 Å². The Labute approximate surface area is 109 Å².